The zero-order chi connectivity index (χ0) is 18.9. The first-order chi connectivity index (χ1) is 11.7. The first-order valence-electron chi connectivity index (χ1n) is 8.30. The van der Waals surface area contributed by atoms with Crippen molar-refractivity contribution >= 4 is 11.9 Å². The minimum Gasteiger partial charge on any atom is -0.491 e. The van der Waals surface area contributed by atoms with Gasteiger partial charge in [-0.15, -0.1) is 0 Å². The maximum atomic E-state index is 11.5. The van der Waals surface area contributed by atoms with E-state index in [-0.39, 0.29) is 12.6 Å². The van der Waals surface area contributed by atoms with Crippen molar-refractivity contribution in [1.29, 1.82) is 0 Å². The molecule has 0 amide bonds. The van der Waals surface area contributed by atoms with Crippen LogP contribution in [0.25, 0.3) is 0 Å². The second kappa shape index (κ2) is 10.0. The van der Waals surface area contributed by atoms with Crippen LogP contribution in [0.1, 0.15) is 38.3 Å². The summed E-state index contributed by atoms with van der Waals surface area (Å²) in [6, 6.07) is 5.71. The molecule has 0 N–H and O–H groups in total. The van der Waals surface area contributed by atoms with E-state index in [1.54, 1.807) is 0 Å². The van der Waals surface area contributed by atoms with Gasteiger partial charge in [-0.05, 0) is 57.4 Å². The van der Waals surface area contributed by atoms with Crippen molar-refractivity contribution in [2.45, 2.75) is 46.1 Å². The highest BCUT2D eigenvalue weighted by atomic mass is 16.6. The molecule has 1 aromatic carbocycles. The Morgan fingerprint density at radius 1 is 1.08 bits per heavy atom. The molecule has 0 aliphatic rings. The normalized spacial score (nSPS) is 11.1. The van der Waals surface area contributed by atoms with Crippen molar-refractivity contribution in [3.8, 4) is 5.75 Å². The van der Waals surface area contributed by atoms with Crippen LogP contribution in [0.3, 0.4) is 0 Å². The topological polar surface area (TPSA) is 71.1 Å². The average molecular weight is 352 g/mol. The number of rotatable bonds is 9. The molecule has 0 aliphatic carbocycles. The molecule has 140 valence electrons. The van der Waals surface area contributed by atoms with E-state index in [1.807, 2.05) is 45.9 Å². The zero-order valence-corrected chi connectivity index (χ0v) is 15.7. The van der Waals surface area contributed by atoms with Crippen LogP contribution in [0.4, 0.5) is 0 Å². The van der Waals surface area contributed by atoms with Crippen LogP contribution in [0, 0.1) is 6.92 Å². The van der Waals surface area contributed by atoms with Gasteiger partial charge < -0.3 is 18.9 Å². The fourth-order valence-corrected chi connectivity index (χ4v) is 2.12. The van der Waals surface area contributed by atoms with Gasteiger partial charge >= 0.3 is 11.9 Å². The Morgan fingerprint density at radius 2 is 1.80 bits per heavy atom. The molecule has 25 heavy (non-hydrogen) atoms. The smallest absolute Gasteiger partial charge is 0.332 e. The third-order valence-corrected chi connectivity index (χ3v) is 3.28. The van der Waals surface area contributed by atoms with Gasteiger partial charge in [-0.25, -0.2) is 4.79 Å². The molecule has 0 saturated heterocycles. The molecule has 0 saturated carbocycles. The van der Waals surface area contributed by atoms with Crippen LogP contribution in [-0.4, -0.2) is 44.5 Å². The number of hydrogen-bond donors (Lipinski definition) is 0. The lowest BCUT2D eigenvalue weighted by molar-refractivity contribution is -0.160. The Bertz CT molecular complexity index is 574. The monoisotopic (exact) mass is 352 g/mol. The summed E-state index contributed by atoms with van der Waals surface area (Å²) >= 11 is 0. The quantitative estimate of drug-likeness (QED) is 0.503. The summed E-state index contributed by atoms with van der Waals surface area (Å²) < 4.78 is 20.6. The Balaban J connectivity index is 2.30. The first kappa shape index (κ1) is 21.0. The van der Waals surface area contributed by atoms with Crippen molar-refractivity contribution in [3.05, 3.63) is 29.3 Å². The van der Waals surface area contributed by atoms with Crippen LogP contribution in [0.2, 0.25) is 0 Å². The summed E-state index contributed by atoms with van der Waals surface area (Å²) in [5, 5.41) is 0. The number of benzene rings is 1. The number of ether oxygens (including phenoxy) is 4. The predicted molar refractivity (Wildman–Crippen MR) is 93.7 cm³/mol. The summed E-state index contributed by atoms with van der Waals surface area (Å²) in [7, 11) is 1.39. The lowest BCUT2D eigenvalue weighted by Crippen LogP contribution is -2.27. The summed E-state index contributed by atoms with van der Waals surface area (Å²) in [5.74, 6) is 0.111. The zero-order valence-electron chi connectivity index (χ0n) is 15.7. The highest BCUT2D eigenvalue weighted by Crippen LogP contribution is 2.18. The van der Waals surface area contributed by atoms with E-state index >= 15 is 0 Å². The molecule has 0 atom stereocenters. The highest BCUT2D eigenvalue weighted by molar-refractivity contribution is 5.71. The molecule has 0 aliphatic heterocycles. The van der Waals surface area contributed by atoms with Gasteiger partial charge in [0.2, 0.25) is 0 Å². The minimum atomic E-state index is -0.510. The molecule has 0 spiro atoms. The van der Waals surface area contributed by atoms with Crippen molar-refractivity contribution in [2.24, 2.45) is 0 Å². The molecule has 0 heterocycles. The number of carbonyl (C=O) groups excluding carboxylic acids is 2. The fraction of sp³-hybridized carbons (Fsp3) is 0.579. The summed E-state index contributed by atoms with van der Waals surface area (Å²) in [5.41, 5.74) is 1.62. The lowest BCUT2D eigenvalue weighted by atomic mass is 10.0. The Morgan fingerprint density at radius 3 is 2.40 bits per heavy atom. The number of aryl methyl sites for hydroxylation is 2. The van der Waals surface area contributed by atoms with Crippen LogP contribution in [0.5, 0.6) is 5.75 Å². The van der Waals surface area contributed by atoms with E-state index in [9.17, 15) is 9.59 Å². The van der Waals surface area contributed by atoms with E-state index in [2.05, 4.69) is 4.74 Å². The molecule has 1 aromatic rings. The maximum Gasteiger partial charge on any atom is 0.332 e. The molecule has 0 bridgehead atoms. The summed E-state index contributed by atoms with van der Waals surface area (Å²) in [4.78, 5) is 22.7. The second-order valence-electron chi connectivity index (χ2n) is 6.65. The van der Waals surface area contributed by atoms with Gasteiger partial charge in [-0.2, -0.15) is 0 Å². The number of carbonyl (C=O) groups is 2. The molecule has 0 aromatic heterocycles. The Kier molecular flexibility index (Phi) is 8.41. The van der Waals surface area contributed by atoms with E-state index < -0.39 is 11.6 Å². The first-order valence-corrected chi connectivity index (χ1v) is 8.30. The van der Waals surface area contributed by atoms with Crippen LogP contribution < -0.4 is 4.74 Å². The number of hydrogen-bond acceptors (Lipinski definition) is 6. The maximum absolute atomic E-state index is 11.5. The fourth-order valence-electron chi connectivity index (χ4n) is 2.12. The molecule has 0 radical (unpaired) electrons. The average Bonchev–Trinajstić information content (AvgIpc) is 2.51. The van der Waals surface area contributed by atoms with Gasteiger partial charge in [0.1, 0.15) is 24.6 Å². The van der Waals surface area contributed by atoms with Crippen LogP contribution in [-0.2, 0) is 30.2 Å². The van der Waals surface area contributed by atoms with Gasteiger partial charge in [0, 0.05) is 6.42 Å². The van der Waals surface area contributed by atoms with E-state index in [0.29, 0.717) is 26.1 Å². The predicted octanol–water partition coefficient (Wildman–Crippen LogP) is 2.84. The van der Waals surface area contributed by atoms with Crippen molar-refractivity contribution in [1.82, 2.24) is 0 Å². The third kappa shape index (κ3) is 9.10. The van der Waals surface area contributed by atoms with E-state index in [0.717, 1.165) is 16.9 Å². The van der Waals surface area contributed by atoms with Crippen LogP contribution >= 0.6 is 0 Å². The highest BCUT2D eigenvalue weighted by Gasteiger charge is 2.15. The van der Waals surface area contributed by atoms with Gasteiger partial charge in [-0.1, -0.05) is 6.07 Å². The van der Waals surface area contributed by atoms with Crippen molar-refractivity contribution in [2.75, 3.05) is 26.9 Å². The second-order valence-corrected chi connectivity index (χ2v) is 6.65. The summed E-state index contributed by atoms with van der Waals surface area (Å²) in [6.45, 7) is 7.94. The molecule has 0 unspecified atom stereocenters. The number of methoxy groups -OCH3 is 1. The van der Waals surface area contributed by atoms with Gasteiger partial charge in [0.05, 0.1) is 13.7 Å². The molecular formula is C19H28O6. The standard InChI is InChI=1S/C19H28O6/c1-14-12-16(8-6-15(14)7-9-17(20)22-5)24-11-10-23-13-18(21)25-19(2,3)4/h6,8,12H,7,9-11,13H2,1-5H3. The molecule has 0 fully saturated rings. The van der Waals surface area contributed by atoms with E-state index in [4.69, 9.17) is 14.2 Å². The van der Waals surface area contributed by atoms with Gasteiger partial charge in [-0.3, -0.25) is 4.79 Å². The van der Waals surface area contributed by atoms with Gasteiger partial charge in [0.25, 0.3) is 0 Å². The van der Waals surface area contributed by atoms with Crippen molar-refractivity contribution < 1.29 is 28.5 Å². The molecular weight excluding hydrogens is 324 g/mol. The third-order valence-electron chi connectivity index (χ3n) is 3.28. The largest absolute Gasteiger partial charge is 0.491 e. The Labute approximate surface area is 149 Å². The number of esters is 2. The van der Waals surface area contributed by atoms with E-state index in [1.165, 1.54) is 7.11 Å². The van der Waals surface area contributed by atoms with Crippen molar-refractivity contribution in [3.63, 3.8) is 0 Å². The molecule has 6 heteroatoms. The molecule has 1 rings (SSSR count). The van der Waals surface area contributed by atoms with Crippen LogP contribution in [0.15, 0.2) is 18.2 Å². The summed E-state index contributed by atoms with van der Waals surface area (Å²) in [6.07, 6.45) is 0.994. The minimum absolute atomic E-state index is 0.0911. The SMILES string of the molecule is COC(=O)CCc1ccc(OCCOCC(=O)OC(C)(C)C)cc1C. The lowest BCUT2D eigenvalue weighted by Gasteiger charge is -2.19. The Hall–Kier alpha value is -2.08. The molecule has 6 nitrogen and oxygen atoms in total. The van der Waals surface area contributed by atoms with Gasteiger partial charge in [0.15, 0.2) is 0 Å².